The van der Waals surface area contributed by atoms with Crippen LogP contribution in [-0.4, -0.2) is 36.5 Å². The highest BCUT2D eigenvalue weighted by atomic mass is 19.4. The van der Waals surface area contributed by atoms with E-state index < -0.39 is 54.4 Å². The summed E-state index contributed by atoms with van der Waals surface area (Å²) in [5.41, 5.74) is -0.923. The number of carbonyl (C=O) groups excluding carboxylic acids is 2. The van der Waals surface area contributed by atoms with Crippen molar-refractivity contribution in [2.75, 3.05) is 6.61 Å². The van der Waals surface area contributed by atoms with Crippen LogP contribution in [0.15, 0.2) is 53.6 Å². The maximum absolute atomic E-state index is 14.7. The summed E-state index contributed by atoms with van der Waals surface area (Å²) in [5.74, 6) is 7.83. The number of halogens is 6. The number of ketones is 1. The molecule has 2 rings (SSSR count). The van der Waals surface area contributed by atoms with Crippen LogP contribution < -0.4 is 27.2 Å². The molecule has 1 amide bonds. The fourth-order valence-corrected chi connectivity index (χ4v) is 3.50. The topological polar surface area (TPSA) is 132 Å². The second kappa shape index (κ2) is 12.6. The van der Waals surface area contributed by atoms with E-state index in [9.17, 15) is 35.9 Å². The van der Waals surface area contributed by atoms with E-state index in [1.807, 2.05) is 10.7 Å². The molecule has 0 bridgehead atoms. The van der Waals surface area contributed by atoms with Gasteiger partial charge < -0.3 is 21.3 Å². The number of carbonyl (C=O) groups is 2. The van der Waals surface area contributed by atoms with Crippen molar-refractivity contribution in [3.8, 4) is 5.75 Å². The molecule has 2 aromatic rings. The van der Waals surface area contributed by atoms with E-state index in [1.54, 1.807) is 19.1 Å². The van der Waals surface area contributed by atoms with E-state index >= 15 is 0 Å². The SMILES string of the molecule is Cc1ccc(C(=O)CC(NC(=O)C/C(=N/N)NN)(c2ccc(OCCCC(F)(F)F)cc2)C(F)(F)F)cc1. The van der Waals surface area contributed by atoms with Crippen LogP contribution in [0.2, 0.25) is 0 Å². The Morgan fingerprint density at radius 1 is 0.974 bits per heavy atom. The number of nitrogens with two attached hydrogens (primary N) is 2. The van der Waals surface area contributed by atoms with Gasteiger partial charge in [-0.25, -0.2) is 5.84 Å². The highest BCUT2D eigenvalue weighted by molar-refractivity contribution is 6.01. The van der Waals surface area contributed by atoms with Crippen molar-refractivity contribution in [2.24, 2.45) is 16.8 Å². The molecule has 0 heterocycles. The van der Waals surface area contributed by atoms with Crippen molar-refractivity contribution < 1.29 is 40.7 Å². The Kier molecular flexibility index (Phi) is 10.1. The van der Waals surface area contributed by atoms with Gasteiger partial charge in [0.1, 0.15) is 11.6 Å². The Hall–Kier alpha value is -3.81. The number of Topliss-reactive ketones (excluding diaryl/α,β-unsaturated/α-hetero) is 1. The number of hydrazine groups is 1. The number of amides is 1. The van der Waals surface area contributed by atoms with Gasteiger partial charge in [-0.1, -0.05) is 42.0 Å². The molecule has 14 heteroatoms. The number of amidine groups is 1. The van der Waals surface area contributed by atoms with Crippen molar-refractivity contribution in [2.45, 2.75) is 50.5 Å². The van der Waals surface area contributed by atoms with Gasteiger partial charge in [-0.05, 0) is 31.0 Å². The maximum Gasteiger partial charge on any atom is 0.416 e. The standard InChI is InChI=1S/C24H27F6N5O3/c1-15-3-5-16(6-4-15)19(36)14-22(24(28,29)30,33-21(37)13-20(34-31)35-32)17-7-9-18(10-8-17)38-12-2-11-23(25,26)27/h3-10H,2,11-14,31-32H2,1H3,(H,33,37)(H,34,35). The molecule has 208 valence electrons. The summed E-state index contributed by atoms with van der Waals surface area (Å²) in [6.45, 7) is 1.42. The summed E-state index contributed by atoms with van der Waals surface area (Å²) >= 11 is 0. The Balaban J connectivity index is 2.43. The van der Waals surface area contributed by atoms with Gasteiger partial charge in [0, 0.05) is 18.4 Å². The lowest BCUT2D eigenvalue weighted by Crippen LogP contribution is -2.57. The van der Waals surface area contributed by atoms with Crippen LogP contribution in [0.25, 0.3) is 0 Å². The van der Waals surface area contributed by atoms with E-state index in [0.717, 1.165) is 29.8 Å². The highest BCUT2D eigenvalue weighted by Gasteiger charge is 2.58. The molecule has 0 aliphatic carbocycles. The number of benzene rings is 2. The summed E-state index contributed by atoms with van der Waals surface area (Å²) in [7, 11) is 0. The number of nitrogens with zero attached hydrogens (tertiary/aromatic N) is 1. The molecule has 0 saturated heterocycles. The van der Waals surface area contributed by atoms with Gasteiger partial charge in [-0.2, -0.15) is 31.4 Å². The van der Waals surface area contributed by atoms with Crippen molar-refractivity contribution >= 4 is 17.5 Å². The highest BCUT2D eigenvalue weighted by Crippen LogP contribution is 2.43. The van der Waals surface area contributed by atoms with Gasteiger partial charge in [0.2, 0.25) is 5.91 Å². The largest absolute Gasteiger partial charge is 0.494 e. The second-order valence-corrected chi connectivity index (χ2v) is 8.41. The van der Waals surface area contributed by atoms with E-state index in [2.05, 4.69) is 5.10 Å². The summed E-state index contributed by atoms with van der Waals surface area (Å²) in [6.07, 6.45) is -12.9. The average Bonchev–Trinajstić information content (AvgIpc) is 2.84. The summed E-state index contributed by atoms with van der Waals surface area (Å²) in [6, 6.07) is 10.0. The Bertz CT molecular complexity index is 1120. The van der Waals surface area contributed by atoms with Crippen molar-refractivity contribution in [1.82, 2.24) is 10.7 Å². The zero-order valence-corrected chi connectivity index (χ0v) is 20.2. The third-order valence-electron chi connectivity index (χ3n) is 5.51. The number of alkyl halides is 6. The lowest BCUT2D eigenvalue weighted by atomic mass is 9.82. The van der Waals surface area contributed by atoms with Crippen LogP contribution in [0.1, 0.15) is 47.2 Å². The molecule has 38 heavy (non-hydrogen) atoms. The van der Waals surface area contributed by atoms with Crippen molar-refractivity contribution in [1.29, 1.82) is 0 Å². The number of ether oxygens (including phenoxy) is 1. The number of hydrogen-bond acceptors (Lipinski definition) is 6. The molecule has 0 spiro atoms. The van der Waals surface area contributed by atoms with Gasteiger partial charge in [0.05, 0.1) is 13.0 Å². The predicted octanol–water partition coefficient (Wildman–Crippen LogP) is 3.99. The minimum absolute atomic E-state index is 0.00377. The zero-order chi connectivity index (χ0) is 28.6. The molecule has 0 fully saturated rings. The first-order valence-corrected chi connectivity index (χ1v) is 11.2. The molecule has 1 unspecified atom stereocenters. The number of rotatable bonds is 11. The Labute approximate surface area is 214 Å². The summed E-state index contributed by atoms with van der Waals surface area (Å²) < 4.78 is 86.3. The first-order valence-electron chi connectivity index (χ1n) is 11.2. The Morgan fingerprint density at radius 3 is 2.08 bits per heavy atom. The molecule has 6 N–H and O–H groups in total. The normalized spacial score (nSPS) is 13.9. The van der Waals surface area contributed by atoms with Gasteiger partial charge in [0.25, 0.3) is 0 Å². The number of nitrogens with one attached hydrogen (secondary N) is 2. The second-order valence-electron chi connectivity index (χ2n) is 8.41. The van der Waals surface area contributed by atoms with Crippen molar-refractivity contribution in [3.63, 3.8) is 0 Å². The average molecular weight is 548 g/mol. The van der Waals surface area contributed by atoms with E-state index in [1.165, 1.54) is 12.1 Å². The van der Waals surface area contributed by atoms with Crippen LogP contribution in [-0.2, 0) is 10.3 Å². The van der Waals surface area contributed by atoms with Crippen LogP contribution in [0.3, 0.4) is 0 Å². The van der Waals surface area contributed by atoms with Gasteiger partial charge in [-0.15, -0.1) is 0 Å². The van der Waals surface area contributed by atoms with Gasteiger partial charge >= 0.3 is 12.4 Å². The fraction of sp³-hybridized carbons (Fsp3) is 0.375. The molecule has 2 aromatic carbocycles. The van der Waals surface area contributed by atoms with Crippen LogP contribution in [0.4, 0.5) is 26.3 Å². The smallest absolute Gasteiger partial charge is 0.416 e. The molecule has 0 radical (unpaired) electrons. The minimum atomic E-state index is -5.17. The lowest BCUT2D eigenvalue weighted by molar-refractivity contribution is -0.201. The first kappa shape index (κ1) is 30.4. The molecular weight excluding hydrogens is 520 g/mol. The van der Waals surface area contributed by atoms with Crippen LogP contribution in [0, 0.1) is 6.92 Å². The number of hydrazone groups is 1. The van der Waals surface area contributed by atoms with Crippen molar-refractivity contribution in [3.05, 3.63) is 65.2 Å². The Morgan fingerprint density at radius 2 is 1.58 bits per heavy atom. The molecule has 0 aromatic heterocycles. The minimum Gasteiger partial charge on any atom is -0.494 e. The first-order chi connectivity index (χ1) is 17.7. The third kappa shape index (κ3) is 8.36. The van der Waals surface area contributed by atoms with Crippen LogP contribution >= 0.6 is 0 Å². The molecular formula is C24H27F6N5O3. The molecule has 1 atom stereocenters. The number of hydrogen-bond donors (Lipinski definition) is 4. The van der Waals surface area contributed by atoms with Gasteiger partial charge in [-0.3, -0.25) is 9.59 Å². The summed E-state index contributed by atoms with van der Waals surface area (Å²) in [5, 5.41) is 5.08. The quantitative estimate of drug-likeness (QED) is 0.0640. The van der Waals surface area contributed by atoms with E-state index in [4.69, 9.17) is 16.4 Å². The van der Waals surface area contributed by atoms with E-state index in [-0.39, 0.29) is 30.2 Å². The fourth-order valence-electron chi connectivity index (χ4n) is 3.50. The summed E-state index contributed by atoms with van der Waals surface area (Å²) in [4.78, 5) is 25.6. The van der Waals surface area contributed by atoms with Gasteiger partial charge in [0.15, 0.2) is 11.3 Å². The molecule has 0 saturated carbocycles. The zero-order valence-electron chi connectivity index (χ0n) is 20.2. The third-order valence-corrected chi connectivity index (χ3v) is 5.51. The number of aryl methyl sites for hydroxylation is 1. The molecule has 0 aliphatic heterocycles. The maximum atomic E-state index is 14.7. The molecule has 8 nitrogen and oxygen atoms in total. The monoisotopic (exact) mass is 547 g/mol. The van der Waals surface area contributed by atoms with Crippen LogP contribution in [0.5, 0.6) is 5.75 Å². The molecule has 0 aliphatic rings. The predicted molar refractivity (Wildman–Crippen MR) is 127 cm³/mol. The lowest BCUT2D eigenvalue weighted by Gasteiger charge is -2.37. The van der Waals surface area contributed by atoms with E-state index in [0.29, 0.717) is 0 Å².